The predicted molar refractivity (Wildman–Crippen MR) is 117 cm³/mol. The molecule has 154 valence electrons. The van der Waals surface area contributed by atoms with Crippen molar-refractivity contribution in [2.45, 2.75) is 0 Å². The Morgan fingerprint density at radius 3 is 2.29 bits per heavy atom. The van der Waals surface area contributed by atoms with Gasteiger partial charge in [-0.15, -0.1) is 0 Å². The first-order valence-electron chi connectivity index (χ1n) is 9.30. The lowest BCUT2D eigenvalue weighted by Gasteiger charge is -2.09. The average molecular weight is 414 g/mol. The molecule has 4 aromatic rings. The number of nitrogens with one attached hydrogen (secondary N) is 3. The largest absolute Gasteiger partial charge is 0.340 e. The van der Waals surface area contributed by atoms with Crippen LogP contribution in [0.2, 0.25) is 0 Å². The number of aromatic nitrogens is 5. The molecule has 1 amide bonds. The molecule has 0 atom stereocenters. The van der Waals surface area contributed by atoms with Gasteiger partial charge in [0.1, 0.15) is 29.5 Å². The Labute approximate surface area is 177 Å². The number of amides is 1. The van der Waals surface area contributed by atoms with Crippen LogP contribution in [-0.4, -0.2) is 30.6 Å². The lowest BCUT2D eigenvalue weighted by molar-refractivity contribution is 0.102. The number of carbonyl (C=O) groups excluding carboxylic acids is 1. The highest BCUT2D eigenvalue weighted by atomic mass is 16.2. The Bertz CT molecular complexity index is 1260. The first-order valence-corrected chi connectivity index (χ1v) is 9.30. The van der Waals surface area contributed by atoms with Crippen LogP contribution in [-0.2, 0) is 7.05 Å². The van der Waals surface area contributed by atoms with Crippen molar-refractivity contribution in [3.8, 4) is 0 Å². The highest BCUT2D eigenvalue weighted by Crippen LogP contribution is 2.20. The molecule has 1 aromatic carbocycles. The molecule has 0 radical (unpaired) electrons. The Balaban J connectivity index is 1.40. The second-order valence-corrected chi connectivity index (χ2v) is 6.47. The van der Waals surface area contributed by atoms with E-state index >= 15 is 0 Å². The summed E-state index contributed by atoms with van der Waals surface area (Å²) in [7, 11) is 1.49. The third kappa shape index (κ3) is 5.07. The first-order chi connectivity index (χ1) is 15.1. The summed E-state index contributed by atoms with van der Waals surface area (Å²) in [5.74, 6) is 1.47. The molecule has 0 fully saturated rings. The van der Waals surface area contributed by atoms with Crippen LogP contribution < -0.4 is 21.5 Å². The van der Waals surface area contributed by atoms with E-state index in [4.69, 9.17) is 0 Å². The van der Waals surface area contributed by atoms with Crippen LogP contribution in [0.15, 0.2) is 78.0 Å². The fraction of sp³-hybridized carbons (Fsp3) is 0.0476. The van der Waals surface area contributed by atoms with E-state index in [1.807, 2.05) is 18.2 Å². The van der Waals surface area contributed by atoms with Gasteiger partial charge in [-0.1, -0.05) is 6.07 Å². The summed E-state index contributed by atoms with van der Waals surface area (Å²) in [6.07, 6.45) is 3.14. The summed E-state index contributed by atoms with van der Waals surface area (Å²) >= 11 is 0. The normalized spacial score (nSPS) is 10.4. The van der Waals surface area contributed by atoms with Crippen molar-refractivity contribution < 1.29 is 4.79 Å². The smallest absolute Gasteiger partial charge is 0.276 e. The molecule has 0 aliphatic rings. The van der Waals surface area contributed by atoms with Gasteiger partial charge in [0.15, 0.2) is 0 Å². The van der Waals surface area contributed by atoms with Crippen molar-refractivity contribution in [2.24, 2.45) is 7.05 Å². The van der Waals surface area contributed by atoms with Gasteiger partial charge in [-0.2, -0.15) is 5.10 Å². The number of hydrogen-bond donors (Lipinski definition) is 3. The summed E-state index contributed by atoms with van der Waals surface area (Å²) in [6.45, 7) is 0. The molecule has 0 aliphatic carbocycles. The van der Waals surface area contributed by atoms with E-state index in [1.54, 1.807) is 36.5 Å². The highest BCUT2D eigenvalue weighted by molar-refractivity contribution is 6.02. The standard InChI is InChI=1S/C21H18N8O2/c1-29-20(30)10-9-16(28-29)21(31)26-15-7-5-14(6-8-15)25-18-12-19(24-13-23-18)27-17-4-2-3-11-22-17/h2-13H,1H3,(H,26,31)(H2,22,23,24,25,27). The number of pyridine rings is 1. The third-order valence-corrected chi connectivity index (χ3v) is 4.20. The number of aryl methyl sites for hydroxylation is 1. The number of benzene rings is 1. The van der Waals surface area contributed by atoms with Crippen LogP contribution in [0.4, 0.5) is 28.8 Å². The Hall–Kier alpha value is -4.60. The quantitative estimate of drug-likeness (QED) is 0.440. The molecule has 0 aliphatic heterocycles. The van der Waals surface area contributed by atoms with Crippen LogP contribution in [0.25, 0.3) is 0 Å². The number of rotatable bonds is 6. The minimum atomic E-state index is -0.405. The SMILES string of the molecule is Cn1nc(C(=O)Nc2ccc(Nc3cc(Nc4ccccn4)ncn3)cc2)ccc1=O. The van der Waals surface area contributed by atoms with Gasteiger partial charge in [0.2, 0.25) is 0 Å². The fourth-order valence-electron chi connectivity index (χ4n) is 2.67. The van der Waals surface area contributed by atoms with E-state index in [1.165, 1.54) is 25.5 Å². The predicted octanol–water partition coefficient (Wildman–Crippen LogP) is 2.70. The van der Waals surface area contributed by atoms with Crippen molar-refractivity contribution in [3.63, 3.8) is 0 Å². The third-order valence-electron chi connectivity index (χ3n) is 4.20. The summed E-state index contributed by atoms with van der Waals surface area (Å²) in [6, 6.07) is 17.1. The molecule has 3 N–H and O–H groups in total. The van der Waals surface area contributed by atoms with E-state index in [9.17, 15) is 9.59 Å². The van der Waals surface area contributed by atoms with Gasteiger partial charge in [-0.25, -0.2) is 19.6 Å². The molecule has 10 nitrogen and oxygen atoms in total. The van der Waals surface area contributed by atoms with E-state index in [0.717, 1.165) is 10.4 Å². The minimum absolute atomic E-state index is 0.151. The zero-order valence-corrected chi connectivity index (χ0v) is 16.5. The number of nitrogens with zero attached hydrogens (tertiary/aromatic N) is 5. The Morgan fingerprint density at radius 2 is 1.58 bits per heavy atom. The molecule has 0 saturated carbocycles. The summed E-state index contributed by atoms with van der Waals surface area (Å²) in [4.78, 5) is 36.3. The maximum Gasteiger partial charge on any atom is 0.276 e. The molecule has 31 heavy (non-hydrogen) atoms. The Kier molecular flexibility index (Phi) is 5.61. The van der Waals surface area contributed by atoms with Crippen LogP contribution >= 0.6 is 0 Å². The Morgan fingerprint density at radius 1 is 0.839 bits per heavy atom. The lowest BCUT2D eigenvalue weighted by Crippen LogP contribution is -2.23. The molecular weight excluding hydrogens is 396 g/mol. The average Bonchev–Trinajstić information content (AvgIpc) is 2.78. The molecule has 0 bridgehead atoms. The lowest BCUT2D eigenvalue weighted by atomic mass is 10.2. The van der Waals surface area contributed by atoms with E-state index in [-0.39, 0.29) is 11.3 Å². The minimum Gasteiger partial charge on any atom is -0.340 e. The molecule has 3 heterocycles. The molecule has 0 unspecified atom stereocenters. The number of carbonyl (C=O) groups is 1. The number of hydrogen-bond acceptors (Lipinski definition) is 8. The molecule has 4 rings (SSSR count). The van der Waals surface area contributed by atoms with Gasteiger partial charge in [0.25, 0.3) is 11.5 Å². The molecular formula is C21H18N8O2. The van der Waals surface area contributed by atoms with E-state index < -0.39 is 5.91 Å². The second-order valence-electron chi connectivity index (χ2n) is 6.47. The number of anilines is 5. The van der Waals surface area contributed by atoms with Crippen molar-refractivity contribution in [1.82, 2.24) is 24.7 Å². The van der Waals surface area contributed by atoms with Crippen LogP contribution in [0, 0.1) is 0 Å². The molecule has 3 aromatic heterocycles. The van der Waals surface area contributed by atoms with Gasteiger partial charge in [0, 0.05) is 36.8 Å². The van der Waals surface area contributed by atoms with Crippen molar-refractivity contribution in [2.75, 3.05) is 16.0 Å². The summed E-state index contributed by atoms with van der Waals surface area (Å²) < 4.78 is 1.11. The topological polar surface area (TPSA) is 127 Å². The maximum absolute atomic E-state index is 12.3. The van der Waals surface area contributed by atoms with Gasteiger partial charge in [0.05, 0.1) is 0 Å². The maximum atomic E-state index is 12.3. The van der Waals surface area contributed by atoms with Gasteiger partial charge in [-0.3, -0.25) is 9.59 Å². The monoisotopic (exact) mass is 414 g/mol. The van der Waals surface area contributed by atoms with Gasteiger partial charge < -0.3 is 16.0 Å². The fourth-order valence-corrected chi connectivity index (χ4v) is 2.67. The first kappa shape index (κ1) is 19.7. The van der Waals surface area contributed by atoms with E-state index in [0.29, 0.717) is 23.1 Å². The zero-order chi connectivity index (χ0) is 21.6. The summed E-state index contributed by atoms with van der Waals surface area (Å²) in [5, 5.41) is 13.0. The van der Waals surface area contributed by atoms with Gasteiger partial charge >= 0.3 is 0 Å². The molecule has 0 saturated heterocycles. The van der Waals surface area contributed by atoms with Crippen LogP contribution in [0.3, 0.4) is 0 Å². The van der Waals surface area contributed by atoms with Crippen LogP contribution in [0.1, 0.15) is 10.5 Å². The van der Waals surface area contributed by atoms with Crippen molar-refractivity contribution >= 4 is 34.7 Å². The molecule has 0 spiro atoms. The van der Waals surface area contributed by atoms with Crippen LogP contribution in [0.5, 0.6) is 0 Å². The van der Waals surface area contributed by atoms with E-state index in [2.05, 4.69) is 36.0 Å². The zero-order valence-electron chi connectivity index (χ0n) is 16.5. The highest BCUT2D eigenvalue weighted by Gasteiger charge is 2.09. The molecule has 10 heteroatoms. The van der Waals surface area contributed by atoms with Gasteiger partial charge in [-0.05, 0) is 42.5 Å². The van der Waals surface area contributed by atoms with Crippen molar-refractivity contribution in [3.05, 3.63) is 89.2 Å². The second kappa shape index (κ2) is 8.82. The van der Waals surface area contributed by atoms with Crippen molar-refractivity contribution in [1.29, 1.82) is 0 Å². The summed E-state index contributed by atoms with van der Waals surface area (Å²) in [5.41, 5.74) is 1.24.